The molecule has 2 rings (SSSR count). The zero-order valence-corrected chi connectivity index (χ0v) is 12.4. The third-order valence-electron chi connectivity index (χ3n) is 2.75. The van der Waals surface area contributed by atoms with Gasteiger partial charge in [-0.25, -0.2) is 4.98 Å². The van der Waals surface area contributed by atoms with Crippen molar-refractivity contribution >= 4 is 11.3 Å². The summed E-state index contributed by atoms with van der Waals surface area (Å²) in [5.74, 6) is 0. The molecule has 18 heavy (non-hydrogen) atoms. The first-order valence-electron chi connectivity index (χ1n) is 6.15. The van der Waals surface area contributed by atoms with E-state index in [-0.39, 0.29) is 6.04 Å². The quantitative estimate of drug-likeness (QED) is 0.923. The molecule has 1 atom stereocenters. The van der Waals surface area contributed by atoms with Crippen LogP contribution in [-0.4, -0.2) is 20.8 Å². The van der Waals surface area contributed by atoms with Crippen molar-refractivity contribution in [2.75, 3.05) is 0 Å². The molecule has 0 aliphatic heterocycles. The summed E-state index contributed by atoms with van der Waals surface area (Å²) in [6, 6.07) is 0.538. The first-order valence-corrected chi connectivity index (χ1v) is 7.03. The fourth-order valence-corrected chi connectivity index (χ4v) is 2.91. The Labute approximate surface area is 112 Å². The molecule has 5 heteroatoms. The second kappa shape index (κ2) is 5.20. The molecule has 0 radical (unpaired) electrons. The lowest BCUT2D eigenvalue weighted by atomic mass is 10.1. The second-order valence-corrected chi connectivity index (χ2v) is 5.81. The molecular weight excluding hydrogens is 244 g/mol. The van der Waals surface area contributed by atoms with Gasteiger partial charge in [-0.1, -0.05) is 0 Å². The molecule has 0 fully saturated rings. The standard InChI is InChI=1S/C13H20N4S/c1-8(2)14-12(13-15-9(3)7-18-13)11-6-17(5)16-10(11)4/h6-8,12,14H,1-5H3. The monoisotopic (exact) mass is 264 g/mol. The van der Waals surface area contributed by atoms with E-state index in [2.05, 4.69) is 40.8 Å². The van der Waals surface area contributed by atoms with Crippen LogP contribution >= 0.6 is 11.3 Å². The Hall–Kier alpha value is -1.20. The maximum absolute atomic E-state index is 4.61. The molecule has 2 aromatic rings. The van der Waals surface area contributed by atoms with E-state index in [0.717, 1.165) is 16.4 Å². The minimum Gasteiger partial charge on any atom is -0.302 e. The fraction of sp³-hybridized carbons (Fsp3) is 0.538. The first kappa shape index (κ1) is 13.2. The van der Waals surface area contributed by atoms with Crippen LogP contribution in [0.3, 0.4) is 0 Å². The summed E-state index contributed by atoms with van der Waals surface area (Å²) >= 11 is 1.70. The number of hydrogen-bond acceptors (Lipinski definition) is 4. The summed E-state index contributed by atoms with van der Waals surface area (Å²) in [5, 5.41) is 11.2. The fourth-order valence-electron chi connectivity index (χ4n) is 2.03. The summed E-state index contributed by atoms with van der Waals surface area (Å²) < 4.78 is 1.86. The Bertz CT molecular complexity index is 527. The van der Waals surface area contributed by atoms with Crippen LogP contribution in [0.2, 0.25) is 0 Å². The summed E-state index contributed by atoms with van der Waals surface area (Å²) in [4.78, 5) is 4.61. The molecule has 0 spiro atoms. The molecule has 2 aromatic heterocycles. The van der Waals surface area contributed by atoms with Crippen LogP contribution in [0.4, 0.5) is 0 Å². The highest BCUT2D eigenvalue weighted by atomic mass is 32.1. The molecule has 0 bridgehead atoms. The maximum atomic E-state index is 4.61. The van der Waals surface area contributed by atoms with Crippen LogP contribution in [0.25, 0.3) is 0 Å². The van der Waals surface area contributed by atoms with Crippen molar-refractivity contribution in [2.24, 2.45) is 7.05 Å². The van der Waals surface area contributed by atoms with Crippen molar-refractivity contribution in [3.05, 3.63) is 33.5 Å². The Balaban J connectivity index is 2.39. The molecule has 1 N–H and O–H groups in total. The maximum Gasteiger partial charge on any atom is 0.115 e. The average Bonchev–Trinajstić information content (AvgIpc) is 2.81. The van der Waals surface area contributed by atoms with Crippen LogP contribution < -0.4 is 5.32 Å². The Morgan fingerprint density at radius 2 is 2.06 bits per heavy atom. The van der Waals surface area contributed by atoms with Gasteiger partial charge in [0.2, 0.25) is 0 Å². The SMILES string of the molecule is Cc1csc(C(NC(C)C)c2cn(C)nc2C)n1. The molecule has 0 saturated carbocycles. The highest BCUT2D eigenvalue weighted by molar-refractivity contribution is 7.09. The third kappa shape index (κ3) is 2.79. The molecule has 2 heterocycles. The molecule has 0 saturated heterocycles. The van der Waals surface area contributed by atoms with Crippen molar-refractivity contribution < 1.29 is 0 Å². The largest absolute Gasteiger partial charge is 0.302 e. The number of nitrogens with zero attached hydrogens (tertiary/aromatic N) is 3. The third-order valence-corrected chi connectivity index (χ3v) is 3.77. The molecule has 0 aliphatic carbocycles. The summed E-state index contributed by atoms with van der Waals surface area (Å²) in [7, 11) is 1.95. The van der Waals surface area contributed by atoms with E-state index in [0.29, 0.717) is 6.04 Å². The van der Waals surface area contributed by atoms with Crippen LogP contribution in [0, 0.1) is 13.8 Å². The summed E-state index contributed by atoms with van der Waals surface area (Å²) in [6.45, 7) is 8.38. The number of aromatic nitrogens is 3. The minimum absolute atomic E-state index is 0.136. The molecule has 0 aliphatic rings. The van der Waals surface area contributed by atoms with Gasteiger partial charge in [-0.15, -0.1) is 11.3 Å². The molecule has 4 nitrogen and oxygen atoms in total. The number of hydrogen-bond donors (Lipinski definition) is 1. The van der Waals surface area contributed by atoms with Gasteiger partial charge in [-0.2, -0.15) is 5.10 Å². The van der Waals surface area contributed by atoms with Crippen LogP contribution in [0.1, 0.15) is 41.8 Å². The van der Waals surface area contributed by atoms with E-state index in [1.165, 1.54) is 5.56 Å². The molecule has 98 valence electrons. The van der Waals surface area contributed by atoms with Crippen molar-refractivity contribution in [3.8, 4) is 0 Å². The van der Waals surface area contributed by atoms with Crippen molar-refractivity contribution in [1.29, 1.82) is 0 Å². The van der Waals surface area contributed by atoms with Gasteiger partial charge in [0.1, 0.15) is 5.01 Å². The Kier molecular flexibility index (Phi) is 3.82. The predicted molar refractivity (Wildman–Crippen MR) is 74.9 cm³/mol. The first-order chi connectivity index (χ1) is 8.47. The van der Waals surface area contributed by atoms with Gasteiger partial charge in [0, 0.05) is 35.9 Å². The van der Waals surface area contributed by atoms with E-state index in [1.54, 1.807) is 11.3 Å². The normalized spacial score (nSPS) is 13.2. The van der Waals surface area contributed by atoms with Gasteiger partial charge >= 0.3 is 0 Å². The van der Waals surface area contributed by atoms with Gasteiger partial charge in [-0.05, 0) is 27.7 Å². The average molecular weight is 264 g/mol. The minimum atomic E-state index is 0.136. The van der Waals surface area contributed by atoms with Gasteiger partial charge in [0.25, 0.3) is 0 Å². The van der Waals surface area contributed by atoms with Crippen LogP contribution in [-0.2, 0) is 7.05 Å². The topological polar surface area (TPSA) is 42.7 Å². The van der Waals surface area contributed by atoms with Gasteiger partial charge in [-0.3, -0.25) is 4.68 Å². The lowest BCUT2D eigenvalue weighted by molar-refractivity contribution is 0.525. The highest BCUT2D eigenvalue weighted by Gasteiger charge is 2.21. The summed E-state index contributed by atoms with van der Waals surface area (Å²) in [5.41, 5.74) is 3.34. The Morgan fingerprint density at radius 1 is 1.33 bits per heavy atom. The predicted octanol–water partition coefficient (Wildman–Crippen LogP) is 2.58. The lowest BCUT2D eigenvalue weighted by Crippen LogP contribution is -2.29. The van der Waals surface area contributed by atoms with E-state index < -0.39 is 0 Å². The van der Waals surface area contributed by atoms with Crippen LogP contribution in [0.15, 0.2) is 11.6 Å². The molecule has 0 amide bonds. The molecule has 1 unspecified atom stereocenters. The van der Waals surface area contributed by atoms with Gasteiger partial charge in [0.05, 0.1) is 11.7 Å². The van der Waals surface area contributed by atoms with Crippen molar-refractivity contribution in [1.82, 2.24) is 20.1 Å². The van der Waals surface area contributed by atoms with E-state index in [4.69, 9.17) is 0 Å². The van der Waals surface area contributed by atoms with Crippen molar-refractivity contribution in [3.63, 3.8) is 0 Å². The van der Waals surface area contributed by atoms with Crippen LogP contribution in [0.5, 0.6) is 0 Å². The zero-order valence-electron chi connectivity index (χ0n) is 11.6. The number of rotatable bonds is 4. The van der Waals surface area contributed by atoms with Gasteiger partial charge < -0.3 is 5.32 Å². The Morgan fingerprint density at radius 3 is 2.50 bits per heavy atom. The second-order valence-electron chi connectivity index (χ2n) is 4.93. The smallest absolute Gasteiger partial charge is 0.115 e. The molecule has 0 aromatic carbocycles. The number of nitrogens with one attached hydrogen (secondary N) is 1. The number of aryl methyl sites for hydroxylation is 3. The number of thiazole rings is 1. The van der Waals surface area contributed by atoms with E-state index >= 15 is 0 Å². The molecular formula is C13H20N4S. The van der Waals surface area contributed by atoms with Gasteiger partial charge in [0.15, 0.2) is 0 Å². The zero-order chi connectivity index (χ0) is 13.3. The summed E-state index contributed by atoms with van der Waals surface area (Å²) in [6.07, 6.45) is 2.08. The highest BCUT2D eigenvalue weighted by Crippen LogP contribution is 2.27. The van der Waals surface area contributed by atoms with E-state index in [1.807, 2.05) is 25.6 Å². The lowest BCUT2D eigenvalue weighted by Gasteiger charge is -2.18. The van der Waals surface area contributed by atoms with Crippen molar-refractivity contribution in [2.45, 2.75) is 39.8 Å². The van der Waals surface area contributed by atoms with E-state index in [9.17, 15) is 0 Å².